The molecule has 0 bridgehead atoms. The lowest BCUT2D eigenvalue weighted by Crippen LogP contribution is -2.09. The van der Waals surface area contributed by atoms with E-state index in [0.29, 0.717) is 21.3 Å². The van der Waals surface area contributed by atoms with Crippen molar-refractivity contribution in [1.29, 1.82) is 5.26 Å². The molecular weight excluding hydrogens is 347 g/mol. The van der Waals surface area contributed by atoms with Crippen LogP contribution in [0.15, 0.2) is 46.9 Å². The zero-order valence-corrected chi connectivity index (χ0v) is 12.8. The molecule has 2 rings (SSSR count). The van der Waals surface area contributed by atoms with Gasteiger partial charge in [-0.3, -0.25) is 0 Å². The van der Waals surface area contributed by atoms with Crippen LogP contribution in [0.1, 0.15) is 11.6 Å². The van der Waals surface area contributed by atoms with E-state index in [2.05, 4.69) is 27.3 Å². The number of anilines is 1. The van der Waals surface area contributed by atoms with Gasteiger partial charge in [0.05, 0.1) is 16.8 Å². The minimum absolute atomic E-state index is 0.536. The van der Waals surface area contributed by atoms with E-state index in [4.69, 9.17) is 23.2 Å². The van der Waals surface area contributed by atoms with Gasteiger partial charge in [-0.25, -0.2) is 0 Å². The van der Waals surface area contributed by atoms with Crippen molar-refractivity contribution in [1.82, 2.24) is 0 Å². The maximum Gasteiger partial charge on any atom is 0.141 e. The first-order valence-electron chi connectivity index (χ1n) is 5.47. The van der Waals surface area contributed by atoms with Gasteiger partial charge in [-0.1, -0.05) is 51.3 Å². The van der Waals surface area contributed by atoms with Crippen LogP contribution >= 0.6 is 39.1 Å². The molecule has 5 heteroatoms. The number of nitrogens with one attached hydrogen (secondary N) is 1. The molecule has 1 N–H and O–H groups in total. The molecule has 19 heavy (non-hydrogen) atoms. The molecule has 0 heterocycles. The van der Waals surface area contributed by atoms with Crippen LogP contribution in [0.2, 0.25) is 10.0 Å². The van der Waals surface area contributed by atoms with Gasteiger partial charge < -0.3 is 5.32 Å². The number of benzene rings is 2. The standard InChI is InChI=1S/C14H9BrCl2N2/c15-9-5-6-11(16)10(7-9)14(8-18)19-13-4-2-1-3-12(13)17/h1-7,14,19H. The van der Waals surface area contributed by atoms with E-state index in [9.17, 15) is 5.26 Å². The van der Waals surface area contributed by atoms with Crippen LogP contribution in [0.25, 0.3) is 0 Å². The van der Waals surface area contributed by atoms with Crippen molar-refractivity contribution in [3.8, 4) is 6.07 Å². The van der Waals surface area contributed by atoms with Crippen LogP contribution < -0.4 is 5.32 Å². The first kappa shape index (κ1) is 14.2. The molecule has 0 aromatic heterocycles. The summed E-state index contributed by atoms with van der Waals surface area (Å²) >= 11 is 15.6. The zero-order valence-electron chi connectivity index (χ0n) is 9.70. The van der Waals surface area contributed by atoms with Crippen molar-refractivity contribution < 1.29 is 0 Å². The van der Waals surface area contributed by atoms with Crippen molar-refractivity contribution >= 4 is 44.8 Å². The van der Waals surface area contributed by atoms with Crippen LogP contribution in [0.4, 0.5) is 5.69 Å². The SMILES string of the molecule is N#CC(Nc1ccccc1Cl)c1cc(Br)ccc1Cl. The summed E-state index contributed by atoms with van der Waals surface area (Å²) in [6.07, 6.45) is 0. The number of nitrogens with zero attached hydrogens (tertiary/aromatic N) is 1. The van der Waals surface area contributed by atoms with Gasteiger partial charge in [-0.05, 0) is 30.3 Å². The van der Waals surface area contributed by atoms with Gasteiger partial charge in [-0.15, -0.1) is 0 Å². The summed E-state index contributed by atoms with van der Waals surface area (Å²) in [6, 6.07) is 14.3. The maximum absolute atomic E-state index is 9.32. The fourth-order valence-electron chi connectivity index (χ4n) is 1.65. The maximum atomic E-state index is 9.32. The van der Waals surface area contributed by atoms with Crippen LogP contribution in [-0.2, 0) is 0 Å². The Hall–Kier alpha value is -1.21. The predicted octanol–water partition coefficient (Wildman–Crippen LogP) is 5.43. The number of para-hydroxylation sites is 1. The highest BCUT2D eigenvalue weighted by molar-refractivity contribution is 9.10. The second-order valence-corrected chi connectivity index (χ2v) is 5.58. The summed E-state index contributed by atoms with van der Waals surface area (Å²) in [6.45, 7) is 0. The first-order chi connectivity index (χ1) is 9.11. The van der Waals surface area contributed by atoms with Crippen LogP contribution in [0.3, 0.4) is 0 Å². The molecule has 0 amide bonds. The third-order valence-electron chi connectivity index (χ3n) is 2.57. The Morgan fingerprint density at radius 1 is 1.11 bits per heavy atom. The third kappa shape index (κ3) is 3.42. The fraction of sp³-hybridized carbons (Fsp3) is 0.0714. The molecule has 0 saturated heterocycles. The monoisotopic (exact) mass is 354 g/mol. The van der Waals surface area contributed by atoms with E-state index in [1.807, 2.05) is 30.3 Å². The van der Waals surface area contributed by atoms with Gasteiger partial charge in [0.1, 0.15) is 6.04 Å². The Balaban J connectivity index is 2.34. The lowest BCUT2D eigenvalue weighted by atomic mass is 10.1. The molecule has 0 aliphatic heterocycles. The number of hydrogen-bond donors (Lipinski definition) is 1. The van der Waals surface area contributed by atoms with Crippen molar-refractivity contribution in [3.05, 3.63) is 62.5 Å². The van der Waals surface area contributed by atoms with E-state index >= 15 is 0 Å². The van der Waals surface area contributed by atoms with E-state index in [1.165, 1.54) is 0 Å². The number of hydrogen-bond acceptors (Lipinski definition) is 2. The Labute approximate surface area is 130 Å². The summed E-state index contributed by atoms with van der Waals surface area (Å²) in [7, 11) is 0. The minimum atomic E-state index is -0.565. The van der Waals surface area contributed by atoms with Crippen molar-refractivity contribution in [2.75, 3.05) is 5.32 Å². The largest absolute Gasteiger partial charge is 0.365 e. The van der Waals surface area contributed by atoms with Gasteiger partial charge in [0.25, 0.3) is 0 Å². The van der Waals surface area contributed by atoms with Gasteiger partial charge in [0, 0.05) is 15.1 Å². The summed E-state index contributed by atoms with van der Waals surface area (Å²) in [5, 5.41) is 13.5. The molecular formula is C14H9BrCl2N2. The Kier molecular flexibility index (Phi) is 4.71. The average Bonchev–Trinajstić information content (AvgIpc) is 2.41. The van der Waals surface area contributed by atoms with Gasteiger partial charge in [-0.2, -0.15) is 5.26 Å². The molecule has 0 aliphatic rings. The van der Waals surface area contributed by atoms with Crippen LogP contribution in [0, 0.1) is 11.3 Å². The van der Waals surface area contributed by atoms with Gasteiger partial charge in [0.2, 0.25) is 0 Å². The fourth-order valence-corrected chi connectivity index (χ4v) is 2.44. The highest BCUT2D eigenvalue weighted by atomic mass is 79.9. The summed E-state index contributed by atoms with van der Waals surface area (Å²) in [5.74, 6) is 0. The smallest absolute Gasteiger partial charge is 0.141 e. The minimum Gasteiger partial charge on any atom is -0.365 e. The Bertz CT molecular complexity index is 638. The van der Waals surface area contributed by atoms with Crippen molar-refractivity contribution in [2.45, 2.75) is 6.04 Å². The normalized spacial score (nSPS) is 11.7. The van der Waals surface area contributed by atoms with E-state index in [1.54, 1.807) is 12.1 Å². The molecule has 0 aliphatic carbocycles. The van der Waals surface area contributed by atoms with Gasteiger partial charge >= 0.3 is 0 Å². The lowest BCUT2D eigenvalue weighted by Gasteiger charge is -2.16. The van der Waals surface area contributed by atoms with Crippen molar-refractivity contribution in [2.24, 2.45) is 0 Å². The topological polar surface area (TPSA) is 35.8 Å². The van der Waals surface area contributed by atoms with E-state index in [0.717, 1.165) is 4.47 Å². The third-order valence-corrected chi connectivity index (χ3v) is 3.74. The molecule has 0 radical (unpaired) electrons. The van der Waals surface area contributed by atoms with E-state index < -0.39 is 6.04 Å². The predicted molar refractivity (Wildman–Crippen MR) is 82.6 cm³/mol. The zero-order chi connectivity index (χ0) is 13.8. The highest BCUT2D eigenvalue weighted by Gasteiger charge is 2.15. The van der Waals surface area contributed by atoms with E-state index in [-0.39, 0.29) is 0 Å². The molecule has 2 nitrogen and oxygen atoms in total. The lowest BCUT2D eigenvalue weighted by molar-refractivity contribution is 0.996. The number of rotatable bonds is 3. The molecule has 2 aromatic carbocycles. The second kappa shape index (κ2) is 6.29. The summed E-state index contributed by atoms with van der Waals surface area (Å²) in [5.41, 5.74) is 1.41. The second-order valence-electron chi connectivity index (χ2n) is 3.85. The van der Waals surface area contributed by atoms with Crippen LogP contribution in [0.5, 0.6) is 0 Å². The van der Waals surface area contributed by atoms with Crippen LogP contribution in [-0.4, -0.2) is 0 Å². The highest BCUT2D eigenvalue weighted by Crippen LogP contribution is 2.30. The quantitative estimate of drug-likeness (QED) is 0.796. The Morgan fingerprint density at radius 2 is 1.84 bits per heavy atom. The molecule has 0 saturated carbocycles. The average molecular weight is 356 g/mol. The molecule has 96 valence electrons. The molecule has 1 atom stereocenters. The number of nitriles is 1. The number of halogens is 3. The molecule has 2 aromatic rings. The van der Waals surface area contributed by atoms with Crippen molar-refractivity contribution in [3.63, 3.8) is 0 Å². The van der Waals surface area contributed by atoms with Gasteiger partial charge in [0.15, 0.2) is 0 Å². The first-order valence-corrected chi connectivity index (χ1v) is 7.02. The molecule has 1 unspecified atom stereocenters. The summed E-state index contributed by atoms with van der Waals surface area (Å²) < 4.78 is 0.869. The molecule has 0 spiro atoms. The molecule has 0 fully saturated rings. The Morgan fingerprint density at radius 3 is 2.53 bits per heavy atom. The summed E-state index contributed by atoms with van der Waals surface area (Å²) in [4.78, 5) is 0.